The Labute approximate surface area is 371 Å². The third-order valence-electron chi connectivity index (χ3n) is 11.2. The second kappa shape index (κ2) is 31.1. The number of aromatic hydroxyl groups is 2. The van der Waals surface area contributed by atoms with E-state index < -0.39 is 53.0 Å². The van der Waals surface area contributed by atoms with Gasteiger partial charge < -0.3 is 33.4 Å². The molecule has 2 aromatic rings. The van der Waals surface area contributed by atoms with Crippen molar-refractivity contribution in [1.29, 1.82) is 0 Å². The van der Waals surface area contributed by atoms with Crippen molar-refractivity contribution in [3.63, 3.8) is 0 Å². The smallest absolute Gasteiger partial charge is 0.298 e. The first-order chi connectivity index (χ1) is 28.9. The van der Waals surface area contributed by atoms with Crippen LogP contribution in [0.1, 0.15) is 158 Å². The topological polar surface area (TPSA) is 177 Å². The molecule has 0 atom stereocenters. The van der Waals surface area contributed by atoms with Crippen LogP contribution in [0.3, 0.4) is 0 Å². The quantitative estimate of drug-likeness (QED) is 0.0433. The molecule has 0 radical (unpaired) electrons. The molecule has 0 amide bonds. The van der Waals surface area contributed by atoms with Crippen LogP contribution in [0.15, 0.2) is 34.1 Å². The number of ether oxygens (including phenoxy) is 3. The van der Waals surface area contributed by atoms with Crippen LogP contribution >= 0.6 is 0 Å². The number of methoxy groups -OCH3 is 2. The van der Waals surface area contributed by atoms with E-state index in [4.69, 9.17) is 14.2 Å². The summed E-state index contributed by atoms with van der Waals surface area (Å²) in [6.45, 7) is 30.0. The third-order valence-corrected chi connectivity index (χ3v) is 12.9. The van der Waals surface area contributed by atoms with E-state index in [1.807, 2.05) is 0 Å². The first-order valence-corrected chi connectivity index (χ1v) is 25.9. The summed E-state index contributed by atoms with van der Waals surface area (Å²) in [5.41, 5.74) is 0. The number of unbranched alkanes of at least 4 members (excludes halogenated alkanes) is 8. The lowest BCUT2D eigenvalue weighted by atomic mass is 10.1. The van der Waals surface area contributed by atoms with Crippen molar-refractivity contribution >= 4 is 20.2 Å². The molecule has 2 rings (SSSR count). The van der Waals surface area contributed by atoms with Gasteiger partial charge in [-0.15, -0.1) is 0 Å². The Morgan fingerprint density at radius 1 is 0.410 bits per heavy atom. The number of phenols is 2. The van der Waals surface area contributed by atoms with E-state index in [-0.39, 0.29) is 11.5 Å². The highest BCUT2D eigenvalue weighted by molar-refractivity contribution is 7.86. The van der Waals surface area contributed by atoms with Gasteiger partial charge in [-0.2, -0.15) is 16.8 Å². The first kappa shape index (κ1) is 58.2. The van der Waals surface area contributed by atoms with E-state index >= 15 is 0 Å². The van der Waals surface area contributed by atoms with Crippen molar-refractivity contribution < 1.29 is 59.3 Å². The fraction of sp³-hybridized carbons (Fsp3) is 0.739. The highest BCUT2D eigenvalue weighted by Crippen LogP contribution is 2.43. The van der Waals surface area contributed by atoms with E-state index in [1.165, 1.54) is 164 Å². The standard InChI is InChI=1S/2C16H36N.C14H14O11S2/c2*1-5-9-13-17(14-10-6-2,15-11-7-3)16-12-8-4;1-23-9-5-11(13(3-7(9)15)26(17,18)19)25-12-6-10(24-2)8(16)4-14(12)27(20,21)22/h2*5-16H2,1-4H3;3-6,15-16H,1-2H3,(H,17,18,19)(H,20,21,22)/q2*+1;. The molecule has 61 heavy (non-hydrogen) atoms. The zero-order valence-corrected chi connectivity index (χ0v) is 41.3. The fourth-order valence-corrected chi connectivity index (χ4v) is 8.59. The predicted octanol–water partition coefficient (Wildman–Crippen LogP) is 11.4. The summed E-state index contributed by atoms with van der Waals surface area (Å²) in [5.74, 6) is -3.06. The van der Waals surface area contributed by atoms with Crippen LogP contribution in [0.5, 0.6) is 34.5 Å². The Kier molecular flexibility index (Phi) is 29.7. The zero-order valence-electron chi connectivity index (χ0n) is 39.6. The predicted molar refractivity (Wildman–Crippen MR) is 248 cm³/mol. The maximum absolute atomic E-state index is 11.5. The van der Waals surface area contributed by atoms with E-state index in [0.717, 1.165) is 26.4 Å². The largest absolute Gasteiger partial charge is 0.504 e. The Bertz CT molecular complexity index is 1500. The van der Waals surface area contributed by atoms with E-state index in [2.05, 4.69) is 55.4 Å². The lowest BCUT2D eigenvalue weighted by Crippen LogP contribution is -2.50. The van der Waals surface area contributed by atoms with Crippen LogP contribution in [-0.2, 0) is 20.2 Å². The summed E-state index contributed by atoms with van der Waals surface area (Å²) < 4.78 is 82.5. The van der Waals surface area contributed by atoms with Gasteiger partial charge in [-0.05, 0) is 51.4 Å². The monoisotopic (exact) mass is 907 g/mol. The van der Waals surface area contributed by atoms with Crippen LogP contribution in [-0.4, -0.2) is 112 Å². The molecule has 0 aromatic heterocycles. The van der Waals surface area contributed by atoms with Crippen LogP contribution in [0.2, 0.25) is 0 Å². The number of quaternary nitrogens is 2. The van der Waals surface area contributed by atoms with Crippen LogP contribution in [0.25, 0.3) is 0 Å². The molecule has 0 saturated heterocycles. The molecule has 15 heteroatoms. The zero-order chi connectivity index (χ0) is 46.5. The molecule has 0 fully saturated rings. The van der Waals surface area contributed by atoms with Crippen molar-refractivity contribution in [3.8, 4) is 34.5 Å². The van der Waals surface area contributed by atoms with Crippen molar-refractivity contribution in [2.75, 3.05) is 66.6 Å². The van der Waals surface area contributed by atoms with E-state index in [0.29, 0.717) is 12.1 Å². The van der Waals surface area contributed by atoms with Gasteiger partial charge in [0.15, 0.2) is 34.5 Å². The Hall–Kier alpha value is -2.82. The van der Waals surface area contributed by atoms with Gasteiger partial charge in [0.2, 0.25) is 0 Å². The van der Waals surface area contributed by atoms with Gasteiger partial charge in [-0.1, -0.05) is 107 Å². The lowest BCUT2D eigenvalue weighted by molar-refractivity contribution is -0.929. The van der Waals surface area contributed by atoms with Gasteiger partial charge >= 0.3 is 0 Å². The van der Waals surface area contributed by atoms with Crippen LogP contribution in [0, 0.1) is 0 Å². The normalized spacial score (nSPS) is 11.9. The van der Waals surface area contributed by atoms with Crippen molar-refractivity contribution in [2.24, 2.45) is 0 Å². The van der Waals surface area contributed by atoms with Gasteiger partial charge in [0.05, 0.1) is 66.6 Å². The highest BCUT2D eigenvalue weighted by atomic mass is 32.2. The van der Waals surface area contributed by atoms with Gasteiger partial charge in [-0.25, -0.2) is 0 Å². The van der Waals surface area contributed by atoms with Gasteiger partial charge in [0.25, 0.3) is 20.2 Å². The molecule has 2 aromatic carbocycles. The lowest BCUT2D eigenvalue weighted by Gasteiger charge is -2.39. The maximum Gasteiger partial charge on any atom is 0.298 e. The molecule has 0 spiro atoms. The third kappa shape index (κ3) is 21.9. The van der Waals surface area contributed by atoms with Gasteiger partial charge in [0.1, 0.15) is 9.79 Å². The van der Waals surface area contributed by atoms with Crippen molar-refractivity contribution in [1.82, 2.24) is 0 Å². The Balaban J connectivity index is 0.000000930. The molecule has 0 unspecified atom stereocenters. The average Bonchev–Trinajstić information content (AvgIpc) is 3.23. The number of hydrogen-bond acceptors (Lipinski definition) is 9. The maximum atomic E-state index is 11.5. The molecule has 4 N–H and O–H groups in total. The first-order valence-electron chi connectivity index (χ1n) is 23.0. The second-order valence-corrected chi connectivity index (χ2v) is 19.1. The molecule has 0 aliphatic rings. The Morgan fingerprint density at radius 3 is 0.787 bits per heavy atom. The summed E-state index contributed by atoms with van der Waals surface area (Å²) in [6, 6.07) is 2.97. The molecular formula is C46H86N2O11S2+2. The summed E-state index contributed by atoms with van der Waals surface area (Å²) in [6.07, 6.45) is 22.1. The summed E-state index contributed by atoms with van der Waals surface area (Å²) >= 11 is 0. The van der Waals surface area contributed by atoms with Gasteiger partial charge in [-0.3, -0.25) is 9.11 Å². The number of benzene rings is 2. The summed E-state index contributed by atoms with van der Waals surface area (Å²) in [7, 11) is -7.51. The fourth-order valence-electron chi connectivity index (χ4n) is 7.36. The molecule has 0 aliphatic heterocycles. The number of hydrogen-bond donors (Lipinski definition) is 4. The van der Waals surface area contributed by atoms with E-state index in [1.54, 1.807) is 0 Å². The molecule has 13 nitrogen and oxygen atoms in total. The molecular weight excluding hydrogens is 821 g/mol. The minimum Gasteiger partial charge on any atom is -0.504 e. The molecule has 0 bridgehead atoms. The minimum atomic E-state index is -4.91. The van der Waals surface area contributed by atoms with Crippen molar-refractivity contribution in [3.05, 3.63) is 24.3 Å². The average molecular weight is 907 g/mol. The molecule has 356 valence electrons. The second-order valence-electron chi connectivity index (χ2n) is 16.3. The Morgan fingerprint density at radius 2 is 0.623 bits per heavy atom. The molecule has 0 aliphatic carbocycles. The molecule has 0 saturated carbocycles. The van der Waals surface area contributed by atoms with Crippen molar-refractivity contribution in [2.45, 2.75) is 168 Å². The SMILES string of the molecule is CCCC[N+](CCCC)(CCCC)CCCC.CCCC[N+](CCCC)(CCCC)CCCC.COc1cc(Oc2cc(OC)c(O)cc2S(=O)(=O)O)c(S(=O)(=O)O)cc1O. The molecule has 0 heterocycles. The number of phenolic OH excluding ortho intramolecular Hbond substituents is 2. The number of nitrogens with zero attached hydrogens (tertiary/aromatic N) is 2. The van der Waals surface area contributed by atoms with Crippen LogP contribution in [0.4, 0.5) is 0 Å². The minimum absolute atomic E-state index is 0.253. The van der Waals surface area contributed by atoms with Gasteiger partial charge in [0, 0.05) is 24.3 Å². The number of rotatable bonds is 30. The highest BCUT2D eigenvalue weighted by Gasteiger charge is 2.28. The summed E-state index contributed by atoms with van der Waals surface area (Å²) in [5, 5.41) is 19.4. The summed E-state index contributed by atoms with van der Waals surface area (Å²) in [4.78, 5) is -1.82. The van der Waals surface area contributed by atoms with Crippen LogP contribution < -0.4 is 14.2 Å². The van der Waals surface area contributed by atoms with E-state index in [9.17, 15) is 36.2 Å².